The molecule has 1 amide bonds. The van der Waals surface area contributed by atoms with Gasteiger partial charge in [0.1, 0.15) is 0 Å². The van der Waals surface area contributed by atoms with E-state index >= 15 is 0 Å². The molecule has 0 aliphatic carbocycles. The number of amides is 1. The van der Waals surface area contributed by atoms with Gasteiger partial charge in [0, 0.05) is 25.2 Å². The standard InChI is InChI=1S/C17H26N2O/c1-13-10-14(2)12-15(11-13)17(20)19(3)9-7-16-6-4-5-8-18-16/h10-12,16,18H,4-9H2,1-3H3. The molecular weight excluding hydrogens is 248 g/mol. The minimum Gasteiger partial charge on any atom is -0.342 e. The van der Waals surface area contributed by atoms with Gasteiger partial charge in [0.05, 0.1) is 0 Å². The lowest BCUT2D eigenvalue weighted by Gasteiger charge is -2.26. The maximum absolute atomic E-state index is 12.4. The summed E-state index contributed by atoms with van der Waals surface area (Å²) < 4.78 is 0. The Morgan fingerprint density at radius 2 is 1.95 bits per heavy atom. The zero-order valence-corrected chi connectivity index (χ0v) is 12.9. The molecule has 0 saturated carbocycles. The van der Waals surface area contributed by atoms with Gasteiger partial charge in [-0.2, -0.15) is 0 Å². The normalized spacial score (nSPS) is 18.9. The number of piperidine rings is 1. The van der Waals surface area contributed by atoms with Crippen LogP contribution in [0.5, 0.6) is 0 Å². The number of hydrogen-bond donors (Lipinski definition) is 1. The van der Waals surface area contributed by atoms with Crippen LogP contribution in [0.2, 0.25) is 0 Å². The molecule has 3 nitrogen and oxygen atoms in total. The van der Waals surface area contributed by atoms with Gasteiger partial charge in [-0.3, -0.25) is 4.79 Å². The monoisotopic (exact) mass is 274 g/mol. The molecule has 1 saturated heterocycles. The number of aryl methyl sites for hydroxylation is 2. The Morgan fingerprint density at radius 1 is 1.25 bits per heavy atom. The molecule has 1 N–H and O–H groups in total. The number of carbonyl (C=O) groups is 1. The summed E-state index contributed by atoms with van der Waals surface area (Å²) in [6, 6.07) is 6.64. The van der Waals surface area contributed by atoms with Crippen molar-refractivity contribution in [1.82, 2.24) is 10.2 Å². The molecule has 0 bridgehead atoms. The molecule has 1 atom stereocenters. The van der Waals surface area contributed by atoms with Gasteiger partial charge < -0.3 is 10.2 Å². The molecule has 1 heterocycles. The fraction of sp³-hybridized carbons (Fsp3) is 0.588. The predicted molar refractivity (Wildman–Crippen MR) is 83.1 cm³/mol. The van der Waals surface area contributed by atoms with Crippen LogP contribution in [0.1, 0.15) is 47.2 Å². The first-order valence-electron chi connectivity index (χ1n) is 7.63. The van der Waals surface area contributed by atoms with Crippen molar-refractivity contribution < 1.29 is 4.79 Å². The number of rotatable bonds is 4. The molecule has 1 aliphatic heterocycles. The van der Waals surface area contributed by atoms with Gasteiger partial charge >= 0.3 is 0 Å². The van der Waals surface area contributed by atoms with E-state index in [1.54, 1.807) is 0 Å². The Morgan fingerprint density at radius 3 is 2.55 bits per heavy atom. The summed E-state index contributed by atoms with van der Waals surface area (Å²) in [5.74, 6) is 0.132. The molecule has 1 aliphatic rings. The SMILES string of the molecule is Cc1cc(C)cc(C(=O)N(C)CCC2CCCCN2)c1. The average Bonchev–Trinajstić information content (AvgIpc) is 2.44. The lowest BCUT2D eigenvalue weighted by Crippen LogP contribution is -2.38. The van der Waals surface area contributed by atoms with Gasteiger partial charge in [0.15, 0.2) is 0 Å². The quantitative estimate of drug-likeness (QED) is 0.915. The van der Waals surface area contributed by atoms with Crippen LogP contribution in [0, 0.1) is 13.8 Å². The van der Waals surface area contributed by atoms with Crippen LogP contribution in [0.3, 0.4) is 0 Å². The molecule has 0 spiro atoms. The maximum Gasteiger partial charge on any atom is 0.253 e. The summed E-state index contributed by atoms with van der Waals surface area (Å²) in [6.07, 6.45) is 4.89. The Balaban J connectivity index is 1.90. The molecule has 1 aromatic carbocycles. The lowest BCUT2D eigenvalue weighted by atomic mass is 10.0. The first-order chi connectivity index (χ1) is 9.56. The van der Waals surface area contributed by atoms with Gasteiger partial charge in [-0.1, -0.05) is 23.6 Å². The second kappa shape index (κ2) is 6.89. The van der Waals surface area contributed by atoms with Gasteiger partial charge in [0.25, 0.3) is 5.91 Å². The molecule has 110 valence electrons. The highest BCUT2D eigenvalue weighted by Gasteiger charge is 2.16. The van der Waals surface area contributed by atoms with E-state index in [0.717, 1.165) is 36.2 Å². The van der Waals surface area contributed by atoms with E-state index in [2.05, 4.69) is 11.4 Å². The molecule has 0 aromatic heterocycles. The molecule has 2 rings (SSSR count). The van der Waals surface area contributed by atoms with Crippen molar-refractivity contribution in [1.29, 1.82) is 0 Å². The van der Waals surface area contributed by atoms with E-state index in [9.17, 15) is 4.79 Å². The first-order valence-corrected chi connectivity index (χ1v) is 7.63. The molecular formula is C17H26N2O. The van der Waals surface area contributed by atoms with E-state index in [1.807, 2.05) is 37.9 Å². The maximum atomic E-state index is 12.4. The number of benzene rings is 1. The third-order valence-corrected chi connectivity index (χ3v) is 4.04. The molecule has 3 heteroatoms. The van der Waals surface area contributed by atoms with Crippen molar-refractivity contribution in [2.24, 2.45) is 0 Å². The predicted octanol–water partition coefficient (Wildman–Crippen LogP) is 2.91. The summed E-state index contributed by atoms with van der Waals surface area (Å²) in [5, 5.41) is 3.53. The van der Waals surface area contributed by atoms with Crippen LogP contribution < -0.4 is 5.32 Å². The van der Waals surface area contributed by atoms with Crippen molar-refractivity contribution in [3.8, 4) is 0 Å². The van der Waals surface area contributed by atoms with Gasteiger partial charge in [-0.15, -0.1) is 0 Å². The summed E-state index contributed by atoms with van der Waals surface area (Å²) in [4.78, 5) is 14.3. The Hall–Kier alpha value is -1.35. The second-order valence-corrected chi connectivity index (χ2v) is 6.04. The Labute approximate surface area is 122 Å². The van der Waals surface area contributed by atoms with Crippen molar-refractivity contribution in [2.45, 2.75) is 45.6 Å². The highest BCUT2D eigenvalue weighted by Crippen LogP contribution is 2.13. The van der Waals surface area contributed by atoms with Crippen molar-refractivity contribution in [2.75, 3.05) is 20.1 Å². The van der Waals surface area contributed by atoms with Crippen LogP contribution in [0.15, 0.2) is 18.2 Å². The summed E-state index contributed by atoms with van der Waals surface area (Å²) >= 11 is 0. The number of nitrogens with zero attached hydrogens (tertiary/aromatic N) is 1. The van der Waals surface area contributed by atoms with Crippen LogP contribution >= 0.6 is 0 Å². The third-order valence-electron chi connectivity index (χ3n) is 4.04. The number of hydrogen-bond acceptors (Lipinski definition) is 2. The minimum absolute atomic E-state index is 0.132. The fourth-order valence-corrected chi connectivity index (χ4v) is 2.94. The third kappa shape index (κ3) is 4.07. The summed E-state index contributed by atoms with van der Waals surface area (Å²) in [7, 11) is 1.91. The van der Waals surface area contributed by atoms with Crippen molar-refractivity contribution >= 4 is 5.91 Å². The van der Waals surface area contributed by atoms with Crippen LogP contribution in [-0.4, -0.2) is 37.0 Å². The molecule has 1 unspecified atom stereocenters. The highest BCUT2D eigenvalue weighted by molar-refractivity contribution is 5.94. The van der Waals surface area contributed by atoms with E-state index in [-0.39, 0.29) is 5.91 Å². The van der Waals surface area contributed by atoms with Gasteiger partial charge in [0.2, 0.25) is 0 Å². The summed E-state index contributed by atoms with van der Waals surface area (Å²) in [5.41, 5.74) is 3.10. The summed E-state index contributed by atoms with van der Waals surface area (Å²) in [6.45, 7) is 6.02. The van der Waals surface area contributed by atoms with Crippen LogP contribution in [0.25, 0.3) is 0 Å². The average molecular weight is 274 g/mol. The molecule has 1 fully saturated rings. The second-order valence-electron chi connectivity index (χ2n) is 6.04. The van der Waals surface area contributed by atoms with Gasteiger partial charge in [-0.05, 0) is 51.8 Å². The molecule has 20 heavy (non-hydrogen) atoms. The fourth-order valence-electron chi connectivity index (χ4n) is 2.94. The van der Waals surface area contributed by atoms with Crippen molar-refractivity contribution in [3.63, 3.8) is 0 Å². The van der Waals surface area contributed by atoms with Gasteiger partial charge in [-0.25, -0.2) is 0 Å². The lowest BCUT2D eigenvalue weighted by molar-refractivity contribution is 0.0788. The minimum atomic E-state index is 0.132. The molecule has 0 radical (unpaired) electrons. The topological polar surface area (TPSA) is 32.3 Å². The zero-order chi connectivity index (χ0) is 14.5. The van der Waals surface area contributed by atoms with Crippen LogP contribution in [-0.2, 0) is 0 Å². The van der Waals surface area contributed by atoms with E-state index in [4.69, 9.17) is 0 Å². The van der Waals surface area contributed by atoms with E-state index in [0.29, 0.717) is 6.04 Å². The number of carbonyl (C=O) groups excluding carboxylic acids is 1. The highest BCUT2D eigenvalue weighted by atomic mass is 16.2. The smallest absolute Gasteiger partial charge is 0.253 e. The Kier molecular flexibility index (Phi) is 5.18. The van der Waals surface area contributed by atoms with E-state index < -0.39 is 0 Å². The van der Waals surface area contributed by atoms with E-state index in [1.165, 1.54) is 19.3 Å². The Bertz CT molecular complexity index is 444. The largest absolute Gasteiger partial charge is 0.342 e. The zero-order valence-electron chi connectivity index (χ0n) is 12.9. The van der Waals surface area contributed by atoms with Crippen LogP contribution in [0.4, 0.5) is 0 Å². The first kappa shape index (κ1) is 15.0. The van der Waals surface area contributed by atoms with Crippen molar-refractivity contribution in [3.05, 3.63) is 34.9 Å². The number of nitrogens with one attached hydrogen (secondary N) is 1. The molecule has 1 aromatic rings.